The zero-order valence-corrected chi connectivity index (χ0v) is 13.1. The first kappa shape index (κ1) is 15.1. The summed E-state index contributed by atoms with van der Waals surface area (Å²) >= 11 is 13.3. The fraction of sp³-hybridized carbons (Fsp3) is 0.231. The summed E-state index contributed by atoms with van der Waals surface area (Å²) < 4.78 is 0. The van der Waals surface area contributed by atoms with E-state index >= 15 is 0 Å². The summed E-state index contributed by atoms with van der Waals surface area (Å²) in [5.74, 6) is -0.0404. The van der Waals surface area contributed by atoms with E-state index in [0.717, 1.165) is 5.56 Å². The van der Waals surface area contributed by atoms with Gasteiger partial charge in [-0.1, -0.05) is 29.3 Å². The number of thiazole rings is 1. The van der Waals surface area contributed by atoms with Gasteiger partial charge in [-0.25, -0.2) is 4.98 Å². The van der Waals surface area contributed by atoms with E-state index in [0.29, 0.717) is 27.4 Å². The molecule has 2 aromatic rings. The van der Waals surface area contributed by atoms with Gasteiger partial charge in [0, 0.05) is 29.0 Å². The Balaban J connectivity index is 2.00. The number of hydrogen-bond donors (Lipinski definition) is 1. The van der Waals surface area contributed by atoms with Gasteiger partial charge in [-0.05, 0) is 17.7 Å². The van der Waals surface area contributed by atoms with Crippen LogP contribution in [0.5, 0.6) is 0 Å². The van der Waals surface area contributed by atoms with E-state index in [1.807, 2.05) is 6.07 Å². The number of nitrogens with two attached hydrogens (primary N) is 1. The fourth-order valence-corrected chi connectivity index (χ4v) is 2.72. The summed E-state index contributed by atoms with van der Waals surface area (Å²) in [5.41, 5.74) is 7.08. The van der Waals surface area contributed by atoms with Crippen molar-refractivity contribution in [2.75, 3.05) is 12.8 Å². The molecule has 7 heteroatoms. The van der Waals surface area contributed by atoms with Crippen LogP contribution in [0.25, 0.3) is 0 Å². The third kappa shape index (κ3) is 3.85. The highest BCUT2D eigenvalue weighted by molar-refractivity contribution is 7.13. The first-order valence-corrected chi connectivity index (χ1v) is 7.47. The van der Waals surface area contributed by atoms with Crippen molar-refractivity contribution in [3.05, 3.63) is 44.9 Å². The standard InChI is InChI=1S/C13H13Cl2N3OS/c1-18(6-8-2-3-9(14)4-11(8)15)12(19)5-10-7-20-13(16)17-10/h2-4,7H,5-6H2,1H3,(H2,16,17). The predicted octanol–water partition coefficient (Wildman–Crippen LogP) is 3.23. The number of amides is 1. The molecule has 1 amide bonds. The lowest BCUT2D eigenvalue weighted by atomic mass is 10.2. The quantitative estimate of drug-likeness (QED) is 0.936. The normalized spacial score (nSPS) is 10.6. The number of nitrogens with zero attached hydrogens (tertiary/aromatic N) is 2. The molecular formula is C13H13Cl2N3OS. The number of nitrogen functional groups attached to an aromatic ring is 1. The van der Waals surface area contributed by atoms with Gasteiger partial charge in [0.2, 0.25) is 5.91 Å². The topological polar surface area (TPSA) is 59.2 Å². The minimum absolute atomic E-state index is 0.0404. The Morgan fingerprint density at radius 1 is 1.45 bits per heavy atom. The third-order valence-corrected chi connectivity index (χ3v) is 4.06. The van der Waals surface area contributed by atoms with Crippen LogP contribution in [0.2, 0.25) is 10.0 Å². The predicted molar refractivity (Wildman–Crippen MR) is 83.2 cm³/mol. The van der Waals surface area contributed by atoms with Gasteiger partial charge in [-0.15, -0.1) is 11.3 Å². The number of likely N-dealkylation sites (N-methyl/N-ethyl adjacent to an activating group) is 1. The highest BCUT2D eigenvalue weighted by Crippen LogP contribution is 2.22. The maximum absolute atomic E-state index is 12.1. The summed E-state index contributed by atoms with van der Waals surface area (Å²) in [4.78, 5) is 17.8. The van der Waals surface area contributed by atoms with Crippen molar-refractivity contribution in [3.8, 4) is 0 Å². The lowest BCUT2D eigenvalue weighted by molar-refractivity contribution is -0.129. The smallest absolute Gasteiger partial charge is 0.228 e. The molecule has 0 atom stereocenters. The lowest BCUT2D eigenvalue weighted by Gasteiger charge is -2.17. The average Bonchev–Trinajstić information content (AvgIpc) is 2.78. The molecule has 0 bridgehead atoms. The Morgan fingerprint density at radius 2 is 2.20 bits per heavy atom. The molecule has 4 nitrogen and oxygen atoms in total. The van der Waals surface area contributed by atoms with Crippen LogP contribution in [-0.2, 0) is 17.8 Å². The Hall–Kier alpha value is -1.30. The van der Waals surface area contributed by atoms with E-state index in [2.05, 4.69) is 4.98 Å². The van der Waals surface area contributed by atoms with Crippen LogP contribution < -0.4 is 5.73 Å². The van der Waals surface area contributed by atoms with Crippen molar-refractivity contribution >= 4 is 45.6 Å². The minimum atomic E-state index is -0.0404. The molecule has 0 saturated heterocycles. The van der Waals surface area contributed by atoms with Crippen molar-refractivity contribution < 1.29 is 4.79 Å². The van der Waals surface area contributed by atoms with E-state index in [1.54, 1.807) is 29.5 Å². The monoisotopic (exact) mass is 329 g/mol. The minimum Gasteiger partial charge on any atom is -0.375 e. The second-order valence-electron chi connectivity index (χ2n) is 4.34. The number of aromatic nitrogens is 1. The highest BCUT2D eigenvalue weighted by Gasteiger charge is 2.13. The summed E-state index contributed by atoms with van der Waals surface area (Å²) in [5, 5.41) is 3.38. The zero-order chi connectivity index (χ0) is 14.7. The number of hydrogen-bond acceptors (Lipinski definition) is 4. The number of halogens is 2. The van der Waals surface area contributed by atoms with E-state index in [-0.39, 0.29) is 12.3 Å². The molecule has 0 aliphatic rings. The van der Waals surface area contributed by atoms with Gasteiger partial charge in [0.15, 0.2) is 5.13 Å². The van der Waals surface area contributed by atoms with E-state index < -0.39 is 0 Å². The van der Waals surface area contributed by atoms with Crippen LogP contribution in [0.15, 0.2) is 23.6 Å². The Morgan fingerprint density at radius 3 is 2.80 bits per heavy atom. The summed E-state index contributed by atoms with van der Waals surface area (Å²) in [7, 11) is 1.73. The van der Waals surface area contributed by atoms with Gasteiger partial charge in [0.05, 0.1) is 12.1 Å². The van der Waals surface area contributed by atoms with Crippen LogP contribution in [0, 0.1) is 0 Å². The Labute approximate surface area is 131 Å². The lowest BCUT2D eigenvalue weighted by Crippen LogP contribution is -2.27. The number of rotatable bonds is 4. The maximum atomic E-state index is 12.1. The SMILES string of the molecule is CN(Cc1ccc(Cl)cc1Cl)C(=O)Cc1csc(N)n1. The summed E-state index contributed by atoms with van der Waals surface area (Å²) in [6.45, 7) is 0.425. The molecular weight excluding hydrogens is 317 g/mol. The van der Waals surface area contributed by atoms with Crippen molar-refractivity contribution in [2.24, 2.45) is 0 Å². The van der Waals surface area contributed by atoms with E-state index in [4.69, 9.17) is 28.9 Å². The third-order valence-electron chi connectivity index (χ3n) is 2.75. The second kappa shape index (κ2) is 6.43. The fourth-order valence-electron chi connectivity index (χ4n) is 1.69. The molecule has 20 heavy (non-hydrogen) atoms. The van der Waals surface area contributed by atoms with Gasteiger partial charge in [0.1, 0.15) is 0 Å². The van der Waals surface area contributed by atoms with Gasteiger partial charge in [-0.2, -0.15) is 0 Å². The molecule has 1 heterocycles. The van der Waals surface area contributed by atoms with Crippen LogP contribution in [-0.4, -0.2) is 22.8 Å². The Bertz CT molecular complexity index is 630. The largest absolute Gasteiger partial charge is 0.375 e. The number of carbonyl (C=O) groups excluding carboxylic acids is 1. The molecule has 0 radical (unpaired) electrons. The molecule has 0 unspecified atom stereocenters. The highest BCUT2D eigenvalue weighted by atomic mass is 35.5. The average molecular weight is 330 g/mol. The van der Waals surface area contributed by atoms with Gasteiger partial charge in [0.25, 0.3) is 0 Å². The number of benzene rings is 1. The molecule has 1 aromatic heterocycles. The molecule has 0 saturated carbocycles. The van der Waals surface area contributed by atoms with Crippen molar-refractivity contribution in [1.82, 2.24) is 9.88 Å². The first-order chi connectivity index (χ1) is 9.45. The van der Waals surface area contributed by atoms with Crippen LogP contribution in [0.1, 0.15) is 11.3 Å². The zero-order valence-electron chi connectivity index (χ0n) is 10.8. The molecule has 0 aliphatic heterocycles. The Kier molecular flexibility index (Phi) is 4.86. The second-order valence-corrected chi connectivity index (χ2v) is 6.07. The summed E-state index contributed by atoms with van der Waals surface area (Å²) in [6, 6.07) is 5.23. The molecule has 1 aromatic carbocycles. The molecule has 0 fully saturated rings. The first-order valence-electron chi connectivity index (χ1n) is 5.83. The molecule has 2 rings (SSSR count). The molecule has 0 spiro atoms. The van der Waals surface area contributed by atoms with Gasteiger partial charge in [-0.3, -0.25) is 4.79 Å². The van der Waals surface area contributed by atoms with Crippen LogP contribution in [0.3, 0.4) is 0 Å². The van der Waals surface area contributed by atoms with E-state index in [9.17, 15) is 4.79 Å². The summed E-state index contributed by atoms with van der Waals surface area (Å²) in [6.07, 6.45) is 0.232. The molecule has 0 aliphatic carbocycles. The molecule has 2 N–H and O–H groups in total. The van der Waals surface area contributed by atoms with Gasteiger partial charge >= 0.3 is 0 Å². The van der Waals surface area contributed by atoms with Crippen molar-refractivity contribution in [1.29, 1.82) is 0 Å². The van der Waals surface area contributed by atoms with E-state index in [1.165, 1.54) is 11.3 Å². The van der Waals surface area contributed by atoms with Crippen molar-refractivity contribution in [2.45, 2.75) is 13.0 Å². The van der Waals surface area contributed by atoms with Crippen molar-refractivity contribution in [3.63, 3.8) is 0 Å². The van der Waals surface area contributed by atoms with Crippen LogP contribution >= 0.6 is 34.5 Å². The van der Waals surface area contributed by atoms with Gasteiger partial charge < -0.3 is 10.6 Å². The number of carbonyl (C=O) groups is 1. The maximum Gasteiger partial charge on any atom is 0.228 e. The van der Waals surface area contributed by atoms with Crippen LogP contribution in [0.4, 0.5) is 5.13 Å². The number of anilines is 1. The molecule has 106 valence electrons.